The van der Waals surface area contributed by atoms with Crippen molar-refractivity contribution in [3.8, 4) is 12.3 Å². The maximum Gasteiger partial charge on any atom is 0.337 e. The number of carbonyl (C=O) groups excluding carboxylic acids is 2. The summed E-state index contributed by atoms with van der Waals surface area (Å²) in [7, 11) is 1.08. The molecule has 14 heteroatoms. The fraction of sp³-hybridized carbons (Fsp3) is 0.344. The highest BCUT2D eigenvalue weighted by Gasteiger charge is 2.51. The van der Waals surface area contributed by atoms with E-state index in [9.17, 15) is 39.0 Å². The van der Waals surface area contributed by atoms with Crippen LogP contribution in [0, 0.1) is 26.2 Å². The number of rotatable bonds is 15. The van der Waals surface area contributed by atoms with Gasteiger partial charge in [0.1, 0.15) is 11.9 Å². The van der Waals surface area contributed by atoms with E-state index in [0.717, 1.165) is 18.2 Å². The fourth-order valence-electron chi connectivity index (χ4n) is 5.13. The lowest BCUT2D eigenvalue weighted by molar-refractivity contribution is -0.156. The summed E-state index contributed by atoms with van der Waals surface area (Å²) in [4.78, 5) is 84.0. The summed E-state index contributed by atoms with van der Waals surface area (Å²) in [6.45, 7) is 4.04. The van der Waals surface area contributed by atoms with Crippen LogP contribution in [0.2, 0.25) is 0 Å². The van der Waals surface area contributed by atoms with Gasteiger partial charge in [-0.2, -0.15) is 0 Å². The van der Waals surface area contributed by atoms with Gasteiger partial charge in [0.05, 0.1) is 17.4 Å². The minimum absolute atomic E-state index is 0.00208. The zero-order valence-corrected chi connectivity index (χ0v) is 25.6. The number of nitrogens with one attached hydrogen (secondary N) is 1. The zero-order chi connectivity index (χ0) is 34.3. The Balaban J connectivity index is 1.93. The van der Waals surface area contributed by atoms with Crippen LogP contribution in [0.5, 0.6) is 0 Å². The normalized spacial score (nSPS) is 12.8. The van der Waals surface area contributed by atoms with Crippen LogP contribution < -0.4 is 16.2 Å². The third-order valence-corrected chi connectivity index (χ3v) is 7.80. The zero-order valence-electron chi connectivity index (χ0n) is 25.6. The molecule has 0 fully saturated rings. The van der Waals surface area contributed by atoms with Crippen LogP contribution in [0.25, 0.3) is 10.9 Å². The van der Waals surface area contributed by atoms with Gasteiger partial charge < -0.3 is 35.8 Å². The number of anilines is 1. The molecule has 0 bridgehead atoms. The Bertz CT molecular complexity index is 1780. The summed E-state index contributed by atoms with van der Waals surface area (Å²) in [5.74, 6) is -3.41. The lowest BCUT2D eigenvalue weighted by Crippen LogP contribution is -2.61. The number of carbonyl (C=O) groups is 5. The Morgan fingerprint density at radius 2 is 1.72 bits per heavy atom. The number of aliphatic carboxylic acids is 3. The molecule has 0 spiro atoms. The number of benzene rings is 2. The first-order valence-electron chi connectivity index (χ1n) is 14.2. The van der Waals surface area contributed by atoms with Crippen LogP contribution in [-0.4, -0.2) is 85.0 Å². The first-order valence-corrected chi connectivity index (χ1v) is 14.2. The van der Waals surface area contributed by atoms with E-state index < -0.39 is 66.9 Å². The van der Waals surface area contributed by atoms with E-state index in [1.165, 1.54) is 12.1 Å². The van der Waals surface area contributed by atoms with Crippen LogP contribution in [0.3, 0.4) is 0 Å². The number of aromatic nitrogens is 2. The molecule has 3 aromatic rings. The molecule has 2 atom stereocenters. The number of terminal acetylenes is 1. The molecule has 6 N–H and O–H groups in total. The molecular weight excluding hydrogens is 598 g/mol. The number of aryl methyl sites for hydroxylation is 2. The van der Waals surface area contributed by atoms with Crippen molar-refractivity contribution in [2.75, 3.05) is 18.5 Å². The molecule has 1 amide bonds. The first kappa shape index (κ1) is 34.9. The van der Waals surface area contributed by atoms with Crippen LogP contribution in [-0.2, 0) is 25.7 Å². The van der Waals surface area contributed by atoms with E-state index in [0.29, 0.717) is 33.9 Å². The predicted molar refractivity (Wildman–Crippen MR) is 167 cm³/mol. The number of aromatic amines is 1. The van der Waals surface area contributed by atoms with Crippen molar-refractivity contribution in [3.63, 3.8) is 0 Å². The number of fused-ring (bicyclic) bond motifs is 1. The van der Waals surface area contributed by atoms with Crippen molar-refractivity contribution >= 4 is 46.2 Å². The lowest BCUT2D eigenvalue weighted by atomic mass is 9.83. The molecule has 242 valence electrons. The largest absolute Gasteiger partial charge is 0.481 e. The van der Waals surface area contributed by atoms with Crippen LogP contribution in [0.4, 0.5) is 5.69 Å². The van der Waals surface area contributed by atoms with E-state index in [1.54, 1.807) is 25.1 Å². The fourth-order valence-corrected chi connectivity index (χ4v) is 5.13. The molecule has 3 rings (SSSR count). The van der Waals surface area contributed by atoms with Crippen LogP contribution in [0.15, 0.2) is 41.2 Å². The van der Waals surface area contributed by atoms with E-state index in [4.69, 9.17) is 17.3 Å². The maximum atomic E-state index is 13.6. The number of nitrogens with two attached hydrogens (primary N) is 1. The molecule has 1 heterocycles. The Kier molecular flexibility index (Phi) is 11.0. The Hall–Kier alpha value is -5.55. The molecule has 0 saturated carbocycles. The molecule has 0 saturated heterocycles. The van der Waals surface area contributed by atoms with Crippen molar-refractivity contribution < 1.29 is 39.3 Å². The van der Waals surface area contributed by atoms with Gasteiger partial charge in [0.2, 0.25) is 0 Å². The Morgan fingerprint density at radius 3 is 2.28 bits per heavy atom. The number of likely N-dealkylation sites (N-methyl/N-ethyl adjacent to an activating group) is 1. The van der Waals surface area contributed by atoms with Gasteiger partial charge in [-0.1, -0.05) is 5.92 Å². The summed E-state index contributed by atoms with van der Waals surface area (Å²) in [5.41, 5.74) is 5.45. The van der Waals surface area contributed by atoms with E-state index >= 15 is 0 Å². The highest BCUT2D eigenvalue weighted by Crippen LogP contribution is 2.28. The highest BCUT2D eigenvalue weighted by molar-refractivity contribution is 6.12. The van der Waals surface area contributed by atoms with Gasteiger partial charge in [-0.25, -0.2) is 9.78 Å². The second kappa shape index (κ2) is 14.5. The third kappa shape index (κ3) is 7.56. The predicted octanol–water partition coefficient (Wildman–Crippen LogP) is 1.70. The summed E-state index contributed by atoms with van der Waals surface area (Å²) in [6.07, 6.45) is 3.09. The SMILES string of the molecule is C#CCN(Cc1cc2c(=O)[nH]c(C)nc2cc1C)c1ccc(C(=O)N(C)[C@@](CCC(=O)O)(C(=O)O)C(=O)CC[C@H](N)C(=O)O)cc1. The number of carboxylic acids is 3. The number of ketones is 1. The van der Waals surface area contributed by atoms with Gasteiger partial charge in [-0.15, -0.1) is 6.42 Å². The quantitative estimate of drug-likeness (QED) is 0.119. The molecule has 0 aliphatic carbocycles. The topological polar surface area (TPSA) is 224 Å². The number of hydrogen-bond acceptors (Lipinski definition) is 9. The van der Waals surface area contributed by atoms with Crippen molar-refractivity contribution in [2.24, 2.45) is 5.73 Å². The average Bonchev–Trinajstić information content (AvgIpc) is 2.99. The molecule has 0 radical (unpaired) electrons. The molecular formula is C32H35N5O9. The molecule has 1 aromatic heterocycles. The van der Waals surface area contributed by atoms with E-state index in [-0.39, 0.29) is 17.7 Å². The van der Waals surface area contributed by atoms with Gasteiger partial charge in [-0.3, -0.25) is 24.0 Å². The maximum absolute atomic E-state index is 13.6. The number of Topliss-reactive ketones (excluding diaryl/α,β-unsaturated/α-hetero) is 1. The highest BCUT2D eigenvalue weighted by atomic mass is 16.4. The molecule has 2 aromatic carbocycles. The van der Waals surface area contributed by atoms with Gasteiger partial charge in [0.25, 0.3) is 11.5 Å². The second-order valence-corrected chi connectivity index (χ2v) is 10.9. The van der Waals surface area contributed by atoms with E-state index in [1.807, 2.05) is 17.9 Å². The number of nitrogens with zero attached hydrogens (tertiary/aromatic N) is 3. The minimum atomic E-state index is -2.60. The van der Waals surface area contributed by atoms with Gasteiger partial charge in [0, 0.05) is 37.7 Å². The Labute approximate surface area is 263 Å². The third-order valence-electron chi connectivity index (χ3n) is 7.80. The molecule has 0 unspecified atom stereocenters. The van der Waals surface area contributed by atoms with E-state index in [2.05, 4.69) is 15.9 Å². The minimum Gasteiger partial charge on any atom is -0.481 e. The molecule has 46 heavy (non-hydrogen) atoms. The molecule has 14 nitrogen and oxygen atoms in total. The monoisotopic (exact) mass is 633 g/mol. The van der Waals surface area contributed by atoms with Crippen molar-refractivity contribution in [2.45, 2.75) is 57.7 Å². The number of H-pyrrole nitrogens is 1. The van der Waals surface area contributed by atoms with Crippen molar-refractivity contribution in [3.05, 3.63) is 69.3 Å². The molecule has 0 aliphatic rings. The summed E-state index contributed by atoms with van der Waals surface area (Å²) in [5, 5.41) is 28.9. The lowest BCUT2D eigenvalue weighted by Gasteiger charge is -2.37. The van der Waals surface area contributed by atoms with Gasteiger partial charge in [0.15, 0.2) is 11.3 Å². The molecule has 0 aliphatic heterocycles. The van der Waals surface area contributed by atoms with Gasteiger partial charge in [-0.05, 0) is 74.2 Å². The Morgan fingerprint density at radius 1 is 1.07 bits per heavy atom. The van der Waals surface area contributed by atoms with Crippen LogP contribution >= 0.6 is 0 Å². The van der Waals surface area contributed by atoms with Crippen molar-refractivity contribution in [1.82, 2.24) is 14.9 Å². The summed E-state index contributed by atoms with van der Waals surface area (Å²) in [6, 6.07) is 8.09. The smallest absolute Gasteiger partial charge is 0.337 e. The number of hydrogen-bond donors (Lipinski definition) is 5. The summed E-state index contributed by atoms with van der Waals surface area (Å²) >= 11 is 0. The second-order valence-electron chi connectivity index (χ2n) is 10.9. The number of carboxylic acid groups (broad SMARTS) is 3. The standard InChI is InChI=1S/C32H35N5O9/c1-5-14-37(17-21-16-23-25(15-18(21)2)34-19(3)35-28(23)41)22-8-6-20(7-9-22)29(42)36(4)32(31(45)46,13-12-27(39)40)26(38)11-10-24(33)30(43)44/h1,6-9,15-16,24H,10-14,17,33H2,2-4H3,(H,39,40)(H,43,44)(H,45,46)(H,34,35,41)/t24-,32+/m0/s1. The summed E-state index contributed by atoms with van der Waals surface area (Å²) < 4.78 is 0. The van der Waals surface area contributed by atoms with Crippen LogP contribution in [0.1, 0.15) is 53.0 Å². The average molecular weight is 634 g/mol. The number of amides is 1. The van der Waals surface area contributed by atoms with Gasteiger partial charge >= 0.3 is 17.9 Å². The first-order chi connectivity index (χ1) is 21.6. The van der Waals surface area contributed by atoms with Crippen molar-refractivity contribution in [1.29, 1.82) is 0 Å².